The van der Waals surface area contributed by atoms with Crippen LogP contribution in [0.3, 0.4) is 0 Å². The van der Waals surface area contributed by atoms with Gasteiger partial charge in [0.1, 0.15) is 12.6 Å². The maximum absolute atomic E-state index is 14.0. The van der Waals surface area contributed by atoms with Crippen LogP contribution in [0.5, 0.6) is 0 Å². The molecule has 3 fully saturated rings. The fourth-order valence-corrected chi connectivity index (χ4v) is 11.6. The maximum Gasteiger partial charge on any atom is 0.509 e. The summed E-state index contributed by atoms with van der Waals surface area (Å²) in [4.78, 5) is 27.1. The van der Waals surface area contributed by atoms with E-state index in [4.69, 9.17) is 23.4 Å². The molecule has 8 nitrogen and oxygen atoms in total. The van der Waals surface area contributed by atoms with Crippen molar-refractivity contribution in [1.29, 1.82) is 0 Å². The Balaban J connectivity index is 1.59. The van der Waals surface area contributed by atoms with E-state index in [0.29, 0.717) is 25.9 Å². The molecule has 238 valence electrons. The number of fused-ring (bicyclic) bond motifs is 3. The first-order valence-electron chi connectivity index (χ1n) is 16.1. The molecule has 0 aromatic heterocycles. The highest BCUT2D eigenvalue weighted by molar-refractivity contribution is 6.73. The fourth-order valence-electron chi connectivity index (χ4n) is 8.80. The predicted molar refractivity (Wildman–Crippen MR) is 165 cm³/mol. The molecule has 5 rings (SSSR count). The lowest BCUT2D eigenvalue weighted by Crippen LogP contribution is -2.68. The van der Waals surface area contributed by atoms with Gasteiger partial charge in [-0.15, -0.1) is 0 Å². The summed E-state index contributed by atoms with van der Waals surface area (Å²) in [5.41, 5.74) is 0.199. The molecule has 2 bridgehead atoms. The molecule has 43 heavy (non-hydrogen) atoms. The molecule has 0 radical (unpaired) electrons. The lowest BCUT2D eigenvalue weighted by Gasteiger charge is -2.60. The molecule has 1 aromatic carbocycles. The first-order chi connectivity index (χ1) is 20.4. The number of carbonyl (C=O) groups excluding carboxylic acids is 2. The minimum atomic E-state index is -2.17. The van der Waals surface area contributed by atoms with E-state index in [1.807, 2.05) is 37.3 Å². The number of Topliss-reactive ketones (excluding diaryl/α,β-unsaturated/α-hetero) is 1. The van der Waals surface area contributed by atoms with Crippen molar-refractivity contribution in [2.24, 2.45) is 16.7 Å². The van der Waals surface area contributed by atoms with E-state index in [-0.39, 0.29) is 31.2 Å². The van der Waals surface area contributed by atoms with Gasteiger partial charge in [-0.2, -0.15) is 0 Å². The minimum absolute atomic E-state index is 0.0407. The average Bonchev–Trinajstić information content (AvgIpc) is 3.30. The molecular weight excluding hydrogens is 564 g/mol. The Hall–Kier alpha value is -2.04. The normalized spacial score (nSPS) is 35.4. The zero-order chi connectivity index (χ0) is 31.2. The van der Waals surface area contributed by atoms with Crippen LogP contribution in [0.25, 0.3) is 0 Å². The van der Waals surface area contributed by atoms with Gasteiger partial charge in [0, 0.05) is 23.7 Å². The van der Waals surface area contributed by atoms with E-state index in [2.05, 4.69) is 41.5 Å². The summed E-state index contributed by atoms with van der Waals surface area (Å²) in [5.74, 6) is -0.635. The van der Waals surface area contributed by atoms with Crippen LogP contribution in [0, 0.1) is 16.7 Å². The summed E-state index contributed by atoms with van der Waals surface area (Å²) >= 11 is 0. The van der Waals surface area contributed by atoms with E-state index in [1.165, 1.54) is 0 Å². The summed E-state index contributed by atoms with van der Waals surface area (Å²) in [5, 5.41) is 11.5. The summed E-state index contributed by atoms with van der Waals surface area (Å²) < 4.78 is 32.0. The highest BCUT2D eigenvalue weighted by Gasteiger charge is 2.72. The van der Waals surface area contributed by atoms with Crippen LogP contribution in [0.4, 0.5) is 4.79 Å². The maximum atomic E-state index is 14.0. The molecular formula is C34H50O8Si. The summed E-state index contributed by atoms with van der Waals surface area (Å²) in [7, 11) is -2.17. The second kappa shape index (κ2) is 12.0. The molecule has 4 aliphatic rings. The molecule has 7 atom stereocenters. The summed E-state index contributed by atoms with van der Waals surface area (Å²) in [6, 6.07) is 12.8. The first-order valence-corrected chi connectivity index (χ1v) is 18.6. The van der Waals surface area contributed by atoms with Gasteiger partial charge in [0.25, 0.3) is 0 Å². The fraction of sp³-hybridized carbons (Fsp3) is 0.706. The third kappa shape index (κ3) is 5.33. The SMILES string of the molecule is CC[Si](CC)(CC)O[C@@H]1C[C@]2(C)[C@@H](OCOCc3ccccc3)CCC(=O)[C@H]2[C@@H]2OC(=O)OC23C[C@@H](O)C(C)=C1C3(C)C. The number of hydrogen-bond acceptors (Lipinski definition) is 8. The molecule has 1 saturated heterocycles. The van der Waals surface area contributed by atoms with Gasteiger partial charge in [-0.1, -0.05) is 71.9 Å². The van der Waals surface area contributed by atoms with Crippen molar-refractivity contribution in [2.75, 3.05) is 6.79 Å². The van der Waals surface area contributed by atoms with Crippen molar-refractivity contribution in [3.05, 3.63) is 47.0 Å². The highest BCUT2D eigenvalue weighted by Crippen LogP contribution is 2.63. The summed E-state index contributed by atoms with van der Waals surface area (Å²) in [6.07, 6.45) is -1.65. The number of hydrogen-bond donors (Lipinski definition) is 1. The van der Waals surface area contributed by atoms with E-state index in [1.54, 1.807) is 0 Å². The number of ether oxygens (including phenoxy) is 4. The third-order valence-electron chi connectivity index (χ3n) is 11.6. The van der Waals surface area contributed by atoms with Crippen molar-refractivity contribution >= 4 is 20.3 Å². The molecule has 2 saturated carbocycles. The Morgan fingerprint density at radius 1 is 1.02 bits per heavy atom. The molecule has 1 heterocycles. The highest BCUT2D eigenvalue weighted by atomic mass is 28.4. The van der Waals surface area contributed by atoms with Crippen LogP contribution in [-0.4, -0.2) is 62.2 Å². The van der Waals surface area contributed by atoms with Gasteiger partial charge in [-0.25, -0.2) is 4.79 Å². The van der Waals surface area contributed by atoms with Crippen molar-refractivity contribution in [1.82, 2.24) is 0 Å². The summed E-state index contributed by atoms with van der Waals surface area (Å²) in [6.45, 7) is 15.3. The van der Waals surface area contributed by atoms with E-state index in [0.717, 1.165) is 34.8 Å². The van der Waals surface area contributed by atoms with E-state index < -0.39 is 49.0 Å². The zero-order valence-corrected chi connectivity index (χ0v) is 27.9. The molecule has 0 amide bonds. The molecule has 1 aromatic rings. The average molecular weight is 615 g/mol. The molecule has 1 spiro atoms. The number of ketones is 1. The lowest BCUT2D eigenvalue weighted by molar-refractivity contribution is -0.203. The number of carbonyl (C=O) groups is 2. The third-order valence-corrected chi connectivity index (χ3v) is 16.2. The van der Waals surface area contributed by atoms with Gasteiger partial charge in [-0.3, -0.25) is 4.79 Å². The molecule has 9 heteroatoms. The van der Waals surface area contributed by atoms with Crippen molar-refractivity contribution in [3.63, 3.8) is 0 Å². The van der Waals surface area contributed by atoms with Crippen LogP contribution >= 0.6 is 0 Å². The second-order valence-corrected chi connectivity index (χ2v) is 18.6. The first kappa shape index (κ1) is 32.4. The zero-order valence-electron chi connectivity index (χ0n) is 26.9. The van der Waals surface area contributed by atoms with Crippen LogP contribution in [0.15, 0.2) is 41.5 Å². The Morgan fingerprint density at radius 2 is 1.70 bits per heavy atom. The predicted octanol–water partition coefficient (Wildman–Crippen LogP) is 6.71. The van der Waals surface area contributed by atoms with Crippen LogP contribution in [0.1, 0.15) is 79.7 Å². The van der Waals surface area contributed by atoms with E-state index >= 15 is 0 Å². The Labute approximate surface area is 257 Å². The van der Waals surface area contributed by atoms with Crippen LogP contribution in [0.2, 0.25) is 18.1 Å². The van der Waals surface area contributed by atoms with Gasteiger partial charge in [-0.05, 0) is 54.6 Å². The molecule has 1 N–H and O–H groups in total. The van der Waals surface area contributed by atoms with Crippen molar-refractivity contribution in [2.45, 2.75) is 129 Å². The van der Waals surface area contributed by atoms with Gasteiger partial charge < -0.3 is 28.5 Å². The van der Waals surface area contributed by atoms with E-state index in [9.17, 15) is 14.7 Å². The van der Waals surface area contributed by atoms with Gasteiger partial charge in [0.05, 0.1) is 30.8 Å². The Morgan fingerprint density at radius 3 is 2.35 bits per heavy atom. The largest absolute Gasteiger partial charge is 0.509 e. The Bertz CT molecular complexity index is 1220. The molecule has 1 aliphatic heterocycles. The molecule has 1 unspecified atom stereocenters. The second-order valence-electron chi connectivity index (χ2n) is 13.9. The lowest BCUT2D eigenvalue weighted by atomic mass is 9.48. The van der Waals surface area contributed by atoms with Gasteiger partial charge >= 0.3 is 6.16 Å². The van der Waals surface area contributed by atoms with Gasteiger partial charge in [0.15, 0.2) is 20.0 Å². The van der Waals surface area contributed by atoms with Crippen molar-refractivity contribution in [3.8, 4) is 0 Å². The Kier molecular flexibility index (Phi) is 9.06. The quantitative estimate of drug-likeness (QED) is 0.102. The molecule has 3 aliphatic carbocycles. The standard InChI is InChI=1S/C34H50O8Si/c1-8-43(9-2,10-3)42-26-19-33(7)27(39-21-38-20-23-14-12-11-13-15-23)17-16-24(35)29(33)30-34(41-31(37)40-30)18-25(36)22(4)28(26)32(34,5)6/h11-15,25-27,29-30,36H,8-10,16-21H2,1-7H3/t25-,26-,27+,29+,30+,33-,34?/m1/s1. The van der Waals surface area contributed by atoms with Gasteiger partial charge in [0.2, 0.25) is 0 Å². The number of aliphatic hydroxyl groups excluding tert-OH is 1. The topological polar surface area (TPSA) is 101 Å². The smallest absolute Gasteiger partial charge is 0.426 e. The van der Waals surface area contributed by atoms with Crippen molar-refractivity contribution < 1.29 is 38.1 Å². The number of rotatable bonds is 10. The minimum Gasteiger partial charge on any atom is -0.426 e. The van der Waals surface area contributed by atoms with Crippen LogP contribution in [-0.2, 0) is 34.8 Å². The number of aliphatic hydroxyl groups is 1. The monoisotopic (exact) mass is 614 g/mol. The number of benzene rings is 1. The van der Waals surface area contributed by atoms with Crippen LogP contribution < -0.4 is 0 Å².